The van der Waals surface area contributed by atoms with Crippen molar-refractivity contribution in [3.63, 3.8) is 0 Å². The predicted octanol–water partition coefficient (Wildman–Crippen LogP) is 1.74. The van der Waals surface area contributed by atoms with Crippen LogP contribution in [0.2, 0.25) is 0 Å². The average molecular weight is 588 g/mol. The van der Waals surface area contributed by atoms with Crippen LogP contribution in [0.5, 0.6) is 0 Å². The molecule has 0 saturated carbocycles. The van der Waals surface area contributed by atoms with Crippen LogP contribution < -0.4 is 21.7 Å². The summed E-state index contributed by atoms with van der Waals surface area (Å²) in [5.41, 5.74) is 6.81. The Morgan fingerprint density at radius 2 is 1.43 bits per heavy atom. The van der Waals surface area contributed by atoms with Gasteiger partial charge in [-0.1, -0.05) is 63.6 Å². The number of rotatable bonds is 20. The molecule has 3 atom stereocenters. The third-order valence-corrected chi connectivity index (χ3v) is 6.79. The predicted molar refractivity (Wildman–Crippen MR) is 154 cm³/mol. The number of unbranched alkanes of at least 4 members (excludes halogenated alkanes) is 6. The Balaban J connectivity index is 2.17. The van der Waals surface area contributed by atoms with Gasteiger partial charge in [0.15, 0.2) is 0 Å². The third kappa shape index (κ3) is 11.6. The number of carboxylic acids is 2. The van der Waals surface area contributed by atoms with Crippen LogP contribution in [0.1, 0.15) is 76.7 Å². The molecular weight excluding hydrogens is 546 g/mol. The number of aromatic amines is 1. The van der Waals surface area contributed by atoms with Crippen molar-refractivity contribution < 1.29 is 39.0 Å². The van der Waals surface area contributed by atoms with Gasteiger partial charge in [-0.3, -0.25) is 24.0 Å². The molecule has 0 bridgehead atoms. The van der Waals surface area contributed by atoms with Crippen LogP contribution in [0.15, 0.2) is 30.5 Å². The molecule has 1 aromatic carbocycles. The normalized spacial score (nSPS) is 13.1. The van der Waals surface area contributed by atoms with Gasteiger partial charge < -0.3 is 36.9 Å². The van der Waals surface area contributed by atoms with Crippen LogP contribution in [0, 0.1) is 0 Å². The lowest BCUT2D eigenvalue weighted by atomic mass is 10.0. The van der Waals surface area contributed by atoms with Crippen molar-refractivity contribution in [3.8, 4) is 0 Å². The van der Waals surface area contributed by atoms with E-state index in [9.17, 15) is 33.9 Å². The Bertz CT molecular complexity index is 1240. The monoisotopic (exact) mass is 587 g/mol. The molecule has 13 nitrogen and oxygen atoms in total. The molecule has 0 unspecified atom stereocenters. The minimum atomic E-state index is -1.80. The molecule has 1 heterocycles. The summed E-state index contributed by atoms with van der Waals surface area (Å²) in [7, 11) is 0. The zero-order valence-corrected chi connectivity index (χ0v) is 23.8. The van der Waals surface area contributed by atoms with E-state index in [4.69, 9.17) is 10.8 Å². The number of primary amides is 1. The van der Waals surface area contributed by atoms with Gasteiger partial charge in [-0.25, -0.2) is 4.79 Å². The van der Waals surface area contributed by atoms with Crippen molar-refractivity contribution in [1.82, 2.24) is 20.9 Å². The molecule has 2 rings (SSSR count). The molecule has 8 N–H and O–H groups in total. The minimum absolute atomic E-state index is 0.0558. The highest BCUT2D eigenvalue weighted by atomic mass is 16.4. The molecule has 0 aliphatic rings. The number of nitrogens with one attached hydrogen (secondary N) is 4. The molecule has 2 aromatic rings. The van der Waals surface area contributed by atoms with Crippen molar-refractivity contribution in [1.29, 1.82) is 0 Å². The van der Waals surface area contributed by atoms with Crippen molar-refractivity contribution in [2.24, 2.45) is 5.73 Å². The van der Waals surface area contributed by atoms with Crippen LogP contribution in [0.3, 0.4) is 0 Å². The van der Waals surface area contributed by atoms with Gasteiger partial charge in [0.05, 0.1) is 12.8 Å². The van der Waals surface area contributed by atoms with Crippen LogP contribution in [0.25, 0.3) is 10.9 Å². The molecule has 13 heteroatoms. The van der Waals surface area contributed by atoms with Gasteiger partial charge in [0.1, 0.15) is 18.1 Å². The van der Waals surface area contributed by atoms with E-state index in [-0.39, 0.29) is 18.7 Å². The number of hydrogen-bond acceptors (Lipinski definition) is 6. The van der Waals surface area contributed by atoms with Crippen molar-refractivity contribution in [3.05, 3.63) is 36.0 Å². The first-order valence-corrected chi connectivity index (χ1v) is 14.2. The number of fused-ring (bicyclic) bond motifs is 1. The second-order valence-electron chi connectivity index (χ2n) is 10.3. The lowest BCUT2D eigenvalue weighted by Gasteiger charge is -2.24. The largest absolute Gasteiger partial charge is 0.481 e. The summed E-state index contributed by atoms with van der Waals surface area (Å²) >= 11 is 0. The van der Waals surface area contributed by atoms with E-state index >= 15 is 0 Å². The SMILES string of the molecule is CCCCCCCCCC(=O)N[C@@H](Cc1c[nH]c2ccccc12)C(=O)N[C@@H](CC(N)=O)C(=O)N[C@@H](CC(=O)O)C(=O)O. The lowest BCUT2D eigenvalue weighted by molar-refractivity contribution is -0.147. The molecule has 0 saturated heterocycles. The van der Waals surface area contributed by atoms with Gasteiger partial charge in [0.2, 0.25) is 23.6 Å². The zero-order chi connectivity index (χ0) is 31.1. The third-order valence-electron chi connectivity index (χ3n) is 6.79. The van der Waals surface area contributed by atoms with Crippen LogP contribution in [-0.2, 0) is 35.2 Å². The quantitative estimate of drug-likeness (QED) is 0.113. The van der Waals surface area contributed by atoms with Crippen molar-refractivity contribution >= 4 is 46.5 Å². The van der Waals surface area contributed by atoms with Gasteiger partial charge in [-0.15, -0.1) is 0 Å². The first-order valence-electron chi connectivity index (χ1n) is 14.2. The van der Waals surface area contributed by atoms with Gasteiger partial charge >= 0.3 is 11.9 Å². The van der Waals surface area contributed by atoms with Crippen LogP contribution >= 0.6 is 0 Å². The lowest BCUT2D eigenvalue weighted by Crippen LogP contribution is -2.57. The number of carboxylic acid groups (broad SMARTS) is 2. The summed E-state index contributed by atoms with van der Waals surface area (Å²) in [6.45, 7) is 2.14. The zero-order valence-electron chi connectivity index (χ0n) is 23.8. The molecule has 0 radical (unpaired) electrons. The minimum Gasteiger partial charge on any atom is -0.481 e. The van der Waals surface area contributed by atoms with E-state index < -0.39 is 60.6 Å². The first kappa shape index (κ1) is 33.8. The van der Waals surface area contributed by atoms with Gasteiger partial charge in [0.25, 0.3) is 0 Å². The molecule has 0 fully saturated rings. The Morgan fingerprint density at radius 3 is 2.07 bits per heavy atom. The van der Waals surface area contributed by atoms with Crippen LogP contribution in [0.4, 0.5) is 0 Å². The number of carbonyl (C=O) groups excluding carboxylic acids is 4. The standard InChI is InChI=1S/C29H41N5O8/c1-2-3-4-5-6-7-8-13-25(36)32-21(14-18-17-31-20-12-10-9-11-19(18)20)27(39)33-22(15-24(30)35)28(40)34-23(29(41)42)16-26(37)38/h9-12,17,21-23,31H,2-8,13-16H2,1H3,(H2,30,35)(H,32,36)(H,33,39)(H,34,40)(H,37,38)(H,41,42)/t21-,22-,23-/m0/s1. The fourth-order valence-electron chi connectivity index (χ4n) is 4.57. The fourth-order valence-corrected chi connectivity index (χ4v) is 4.57. The maximum atomic E-state index is 13.4. The number of amides is 4. The molecule has 0 aliphatic carbocycles. The summed E-state index contributed by atoms with van der Waals surface area (Å²) < 4.78 is 0. The van der Waals surface area contributed by atoms with Gasteiger partial charge in [-0.2, -0.15) is 0 Å². The van der Waals surface area contributed by atoms with Gasteiger partial charge in [0, 0.05) is 29.9 Å². The fraction of sp³-hybridized carbons (Fsp3) is 0.517. The van der Waals surface area contributed by atoms with Gasteiger partial charge in [-0.05, 0) is 18.1 Å². The summed E-state index contributed by atoms with van der Waals surface area (Å²) in [4.78, 5) is 76.3. The average Bonchev–Trinajstić information content (AvgIpc) is 3.33. The van der Waals surface area contributed by atoms with E-state index in [1.54, 1.807) is 6.20 Å². The Labute approximate surface area is 244 Å². The molecule has 4 amide bonds. The van der Waals surface area contributed by atoms with E-state index in [1.165, 1.54) is 6.42 Å². The second kappa shape index (κ2) is 17.4. The Kier molecular flexibility index (Phi) is 14.0. The highest BCUT2D eigenvalue weighted by molar-refractivity contribution is 5.96. The highest BCUT2D eigenvalue weighted by Crippen LogP contribution is 2.19. The number of H-pyrrole nitrogens is 1. The summed E-state index contributed by atoms with van der Waals surface area (Å²) in [6.07, 6.45) is 7.47. The second-order valence-corrected chi connectivity index (χ2v) is 10.3. The summed E-state index contributed by atoms with van der Waals surface area (Å²) in [5.74, 6) is -6.29. The van der Waals surface area contributed by atoms with Crippen LogP contribution in [-0.4, -0.2) is 68.9 Å². The van der Waals surface area contributed by atoms with Crippen molar-refractivity contribution in [2.75, 3.05) is 0 Å². The Hall–Kier alpha value is -4.42. The maximum absolute atomic E-state index is 13.4. The molecule has 42 heavy (non-hydrogen) atoms. The maximum Gasteiger partial charge on any atom is 0.326 e. The van der Waals surface area contributed by atoms with E-state index in [0.717, 1.165) is 48.6 Å². The number of carbonyl (C=O) groups is 6. The molecule has 0 spiro atoms. The molecule has 1 aromatic heterocycles. The number of benzene rings is 1. The Morgan fingerprint density at radius 1 is 0.810 bits per heavy atom. The van der Waals surface area contributed by atoms with E-state index in [0.29, 0.717) is 6.42 Å². The smallest absolute Gasteiger partial charge is 0.326 e. The molecular formula is C29H41N5O8. The number of nitrogens with two attached hydrogens (primary N) is 1. The number of aromatic nitrogens is 1. The topological polar surface area (TPSA) is 221 Å². The number of para-hydroxylation sites is 1. The number of hydrogen-bond donors (Lipinski definition) is 7. The summed E-state index contributed by atoms with van der Waals surface area (Å²) in [5, 5.41) is 26.2. The van der Waals surface area contributed by atoms with E-state index in [1.807, 2.05) is 29.6 Å². The van der Waals surface area contributed by atoms with E-state index in [2.05, 4.69) is 22.5 Å². The molecule has 230 valence electrons. The summed E-state index contributed by atoms with van der Waals surface area (Å²) in [6, 6.07) is 2.85. The highest BCUT2D eigenvalue weighted by Gasteiger charge is 2.31. The van der Waals surface area contributed by atoms with Crippen molar-refractivity contribution in [2.45, 2.75) is 95.7 Å². The first-order chi connectivity index (χ1) is 20.0. The number of aliphatic carboxylic acids is 2. The molecule has 0 aliphatic heterocycles.